The minimum atomic E-state index is -0.784. The van der Waals surface area contributed by atoms with Gasteiger partial charge in [-0.05, 0) is 13.1 Å². The van der Waals surface area contributed by atoms with Gasteiger partial charge in [0.15, 0.2) is 11.6 Å². The van der Waals surface area contributed by atoms with Gasteiger partial charge in [-0.15, -0.1) is 0 Å². The number of hydrogen-bond acceptors (Lipinski definition) is 1. The molecule has 0 saturated heterocycles. The highest BCUT2D eigenvalue weighted by Crippen LogP contribution is 2.13. The SMILES string of the molecule is CC(Br)CN(C)Cc1cccc(F)c1F. The van der Waals surface area contributed by atoms with Crippen LogP contribution in [0, 0.1) is 11.6 Å². The number of alkyl halides is 1. The molecule has 0 bridgehead atoms. The number of hydrogen-bond donors (Lipinski definition) is 0. The van der Waals surface area contributed by atoms with E-state index in [9.17, 15) is 8.78 Å². The smallest absolute Gasteiger partial charge is 0.163 e. The monoisotopic (exact) mass is 277 g/mol. The first-order chi connectivity index (χ1) is 7.00. The third-order valence-electron chi connectivity index (χ3n) is 2.04. The van der Waals surface area contributed by atoms with Gasteiger partial charge in [-0.25, -0.2) is 8.78 Å². The molecule has 1 rings (SSSR count). The van der Waals surface area contributed by atoms with Gasteiger partial charge in [-0.1, -0.05) is 35.0 Å². The van der Waals surface area contributed by atoms with Crippen molar-refractivity contribution in [1.29, 1.82) is 0 Å². The predicted octanol–water partition coefficient (Wildman–Crippen LogP) is 3.18. The van der Waals surface area contributed by atoms with E-state index < -0.39 is 11.6 Å². The molecule has 0 N–H and O–H groups in total. The van der Waals surface area contributed by atoms with Gasteiger partial charge in [0.1, 0.15) is 0 Å². The van der Waals surface area contributed by atoms with Gasteiger partial charge >= 0.3 is 0 Å². The zero-order valence-electron chi connectivity index (χ0n) is 8.80. The van der Waals surface area contributed by atoms with Crippen molar-refractivity contribution in [2.75, 3.05) is 13.6 Å². The highest BCUT2D eigenvalue weighted by atomic mass is 79.9. The molecular weight excluding hydrogens is 264 g/mol. The Morgan fingerprint density at radius 1 is 1.40 bits per heavy atom. The molecule has 0 aliphatic carbocycles. The number of benzene rings is 1. The molecule has 84 valence electrons. The van der Waals surface area contributed by atoms with Gasteiger partial charge in [0.25, 0.3) is 0 Å². The predicted molar refractivity (Wildman–Crippen MR) is 61.1 cm³/mol. The van der Waals surface area contributed by atoms with Crippen LogP contribution >= 0.6 is 15.9 Å². The molecule has 0 aliphatic heterocycles. The van der Waals surface area contributed by atoms with Crippen molar-refractivity contribution in [3.05, 3.63) is 35.4 Å². The zero-order chi connectivity index (χ0) is 11.4. The fourth-order valence-electron chi connectivity index (χ4n) is 1.46. The summed E-state index contributed by atoms with van der Waals surface area (Å²) >= 11 is 3.41. The van der Waals surface area contributed by atoms with Crippen molar-refractivity contribution in [2.24, 2.45) is 0 Å². The number of halogens is 3. The molecule has 0 aromatic heterocycles. The molecule has 4 heteroatoms. The van der Waals surface area contributed by atoms with Crippen LogP contribution in [0.1, 0.15) is 12.5 Å². The molecular formula is C11H14BrF2N. The van der Waals surface area contributed by atoms with Crippen LogP contribution in [0.15, 0.2) is 18.2 Å². The van der Waals surface area contributed by atoms with E-state index in [-0.39, 0.29) is 0 Å². The first kappa shape index (κ1) is 12.6. The molecule has 0 spiro atoms. The molecule has 0 radical (unpaired) electrons. The van der Waals surface area contributed by atoms with E-state index >= 15 is 0 Å². The minimum absolute atomic E-state index is 0.333. The molecule has 0 heterocycles. The van der Waals surface area contributed by atoms with E-state index in [4.69, 9.17) is 0 Å². The molecule has 1 aromatic carbocycles. The molecule has 1 aromatic rings. The van der Waals surface area contributed by atoms with Gasteiger partial charge in [-0.2, -0.15) is 0 Å². The largest absolute Gasteiger partial charge is 0.301 e. The quantitative estimate of drug-likeness (QED) is 0.765. The third kappa shape index (κ3) is 3.87. The summed E-state index contributed by atoms with van der Waals surface area (Å²) in [6, 6.07) is 4.26. The summed E-state index contributed by atoms with van der Waals surface area (Å²) in [6.07, 6.45) is 0. The fraction of sp³-hybridized carbons (Fsp3) is 0.455. The zero-order valence-corrected chi connectivity index (χ0v) is 10.4. The Hall–Kier alpha value is -0.480. The second-order valence-electron chi connectivity index (χ2n) is 3.69. The summed E-state index contributed by atoms with van der Waals surface area (Å²) in [7, 11) is 1.88. The van der Waals surface area contributed by atoms with Crippen LogP contribution in [-0.2, 0) is 6.54 Å². The normalized spacial score (nSPS) is 13.2. The maximum Gasteiger partial charge on any atom is 0.163 e. The van der Waals surface area contributed by atoms with Crippen molar-refractivity contribution in [2.45, 2.75) is 18.3 Å². The van der Waals surface area contributed by atoms with Gasteiger partial charge in [0, 0.05) is 23.5 Å². The molecule has 1 atom stereocenters. The van der Waals surface area contributed by atoms with E-state index in [0.29, 0.717) is 16.9 Å². The maximum atomic E-state index is 13.3. The standard InChI is InChI=1S/C11H14BrF2N/c1-8(12)6-15(2)7-9-4-3-5-10(13)11(9)14/h3-5,8H,6-7H2,1-2H3. The van der Waals surface area contributed by atoms with E-state index in [2.05, 4.69) is 15.9 Å². The highest BCUT2D eigenvalue weighted by Gasteiger charge is 2.10. The highest BCUT2D eigenvalue weighted by molar-refractivity contribution is 9.09. The summed E-state index contributed by atoms with van der Waals surface area (Å²) < 4.78 is 26.2. The summed E-state index contributed by atoms with van der Waals surface area (Å²) in [5.74, 6) is -1.53. The van der Waals surface area contributed by atoms with Crippen LogP contribution in [0.5, 0.6) is 0 Å². The number of nitrogens with zero attached hydrogens (tertiary/aromatic N) is 1. The fourth-order valence-corrected chi connectivity index (χ4v) is 1.95. The first-order valence-corrected chi connectivity index (χ1v) is 5.67. The minimum Gasteiger partial charge on any atom is -0.301 e. The van der Waals surface area contributed by atoms with Crippen molar-refractivity contribution >= 4 is 15.9 Å². The lowest BCUT2D eigenvalue weighted by molar-refractivity contribution is 0.324. The van der Waals surface area contributed by atoms with Crippen molar-refractivity contribution in [1.82, 2.24) is 4.90 Å². The van der Waals surface area contributed by atoms with Crippen LogP contribution in [0.2, 0.25) is 0 Å². The summed E-state index contributed by atoms with van der Waals surface area (Å²) in [5.41, 5.74) is 0.394. The Morgan fingerprint density at radius 2 is 2.07 bits per heavy atom. The van der Waals surface area contributed by atoms with Gasteiger partial charge in [0.05, 0.1) is 0 Å². The average Bonchev–Trinajstić information content (AvgIpc) is 2.11. The Bertz CT molecular complexity index is 328. The van der Waals surface area contributed by atoms with Crippen LogP contribution in [0.4, 0.5) is 8.78 Å². The van der Waals surface area contributed by atoms with Crippen LogP contribution in [0.25, 0.3) is 0 Å². The lowest BCUT2D eigenvalue weighted by Crippen LogP contribution is -2.24. The maximum absolute atomic E-state index is 13.3. The second kappa shape index (κ2) is 5.56. The van der Waals surface area contributed by atoms with Gasteiger partial charge in [-0.3, -0.25) is 0 Å². The summed E-state index contributed by atoms with van der Waals surface area (Å²) in [6.45, 7) is 3.22. The van der Waals surface area contributed by atoms with E-state index in [1.165, 1.54) is 6.07 Å². The summed E-state index contributed by atoms with van der Waals surface area (Å²) in [4.78, 5) is 2.27. The topological polar surface area (TPSA) is 3.24 Å². The Kier molecular flexibility index (Phi) is 4.67. The molecule has 0 saturated carbocycles. The first-order valence-electron chi connectivity index (χ1n) is 4.76. The Labute approximate surface area is 97.2 Å². The lowest BCUT2D eigenvalue weighted by atomic mass is 10.2. The molecule has 0 aliphatic rings. The van der Waals surface area contributed by atoms with Crippen molar-refractivity contribution in [3.63, 3.8) is 0 Å². The van der Waals surface area contributed by atoms with Gasteiger partial charge < -0.3 is 4.90 Å². The number of rotatable bonds is 4. The third-order valence-corrected chi connectivity index (χ3v) is 2.32. The molecule has 0 fully saturated rings. The van der Waals surface area contributed by atoms with E-state index in [1.54, 1.807) is 6.07 Å². The molecule has 0 amide bonds. The summed E-state index contributed by atoms with van der Waals surface area (Å²) in [5, 5.41) is 0. The average molecular weight is 278 g/mol. The van der Waals surface area contributed by atoms with Gasteiger partial charge in [0.2, 0.25) is 0 Å². The van der Waals surface area contributed by atoms with E-state index in [1.807, 2.05) is 18.9 Å². The van der Waals surface area contributed by atoms with Crippen LogP contribution in [0.3, 0.4) is 0 Å². The molecule has 1 unspecified atom stereocenters. The van der Waals surface area contributed by atoms with Crippen molar-refractivity contribution in [3.8, 4) is 0 Å². The van der Waals surface area contributed by atoms with Crippen molar-refractivity contribution < 1.29 is 8.78 Å². The molecule has 15 heavy (non-hydrogen) atoms. The van der Waals surface area contributed by atoms with Crippen LogP contribution in [-0.4, -0.2) is 23.3 Å². The second-order valence-corrected chi connectivity index (χ2v) is 5.25. The van der Waals surface area contributed by atoms with E-state index in [0.717, 1.165) is 12.6 Å². The Balaban J connectivity index is 2.68. The Morgan fingerprint density at radius 3 is 2.67 bits per heavy atom. The lowest BCUT2D eigenvalue weighted by Gasteiger charge is -2.18. The van der Waals surface area contributed by atoms with Crippen LogP contribution < -0.4 is 0 Å². The molecule has 1 nitrogen and oxygen atoms in total.